The number of sulfonamides is 2. The van der Waals surface area contributed by atoms with Gasteiger partial charge < -0.3 is 15.6 Å². The zero-order chi connectivity index (χ0) is 32.3. The fraction of sp³-hybridized carbons (Fsp3) is 0.560. The van der Waals surface area contributed by atoms with Crippen LogP contribution in [0.4, 0.5) is 4.79 Å². The molecule has 43 heavy (non-hydrogen) atoms. The Labute approximate surface area is 271 Å². The van der Waals surface area contributed by atoms with Crippen LogP contribution in [0.3, 0.4) is 0 Å². The molecule has 0 aromatic carbocycles. The third kappa shape index (κ3) is 9.62. The van der Waals surface area contributed by atoms with E-state index in [1.54, 1.807) is 34.6 Å². The van der Waals surface area contributed by atoms with Crippen LogP contribution in [0, 0.1) is 0 Å². The Kier molecular flexibility index (Phi) is 12.8. The molecule has 0 bridgehead atoms. The van der Waals surface area contributed by atoms with Gasteiger partial charge in [-0.05, 0) is 68.1 Å². The minimum atomic E-state index is -3.62. The lowest BCUT2D eigenvalue weighted by atomic mass is 10.0. The molecule has 2 aromatic heterocycles. The number of nitrogens with one attached hydrogen (secondary N) is 1. The van der Waals surface area contributed by atoms with Crippen LogP contribution in [-0.4, -0.2) is 86.9 Å². The number of nitrogens with two attached hydrogens (primary N) is 1. The first kappa shape index (κ1) is 38.8. The first-order valence-electron chi connectivity index (χ1n) is 12.3. The number of aliphatic hydroxyl groups excluding tert-OH is 1. The monoisotopic (exact) mass is 744 g/mol. The van der Waals surface area contributed by atoms with E-state index in [9.17, 15) is 21.6 Å². The van der Waals surface area contributed by atoms with Gasteiger partial charge in [0, 0.05) is 40.8 Å². The second-order valence-electron chi connectivity index (χ2n) is 10.6. The van der Waals surface area contributed by atoms with Crippen molar-refractivity contribution in [3.05, 3.63) is 43.2 Å². The maximum absolute atomic E-state index is 12.5. The summed E-state index contributed by atoms with van der Waals surface area (Å²) in [7, 11) is -3.21. The van der Waals surface area contributed by atoms with E-state index < -0.39 is 42.8 Å². The number of hydrogen-bond acceptors (Lipinski definition) is 12. The maximum Gasteiger partial charge on any atom is 0.414 e. The number of carbonyl (C=O) groups is 1. The Bertz CT molecular complexity index is 1540. The molecule has 13 nitrogen and oxygen atoms in total. The summed E-state index contributed by atoms with van der Waals surface area (Å²) in [6.45, 7) is 8.69. The number of carbonyl (C=O) groups excluding carboxylic acids is 1. The van der Waals surface area contributed by atoms with Crippen LogP contribution in [0.2, 0.25) is 0 Å². The van der Waals surface area contributed by atoms with Crippen LogP contribution in [0.1, 0.15) is 51.8 Å². The van der Waals surface area contributed by atoms with E-state index in [1.807, 2.05) is 29.0 Å². The zero-order valence-corrected chi connectivity index (χ0v) is 29.4. The van der Waals surface area contributed by atoms with Crippen molar-refractivity contribution in [1.29, 1.82) is 0 Å². The first-order chi connectivity index (χ1) is 19.2. The van der Waals surface area contributed by atoms with Gasteiger partial charge in [-0.25, -0.2) is 40.2 Å². The van der Waals surface area contributed by atoms with Crippen molar-refractivity contribution in [1.82, 2.24) is 13.9 Å². The second-order valence-corrected chi connectivity index (χ2v) is 17.4. The Morgan fingerprint density at radius 2 is 1.58 bits per heavy atom. The van der Waals surface area contributed by atoms with E-state index in [4.69, 9.17) is 15.6 Å². The lowest BCUT2D eigenvalue weighted by Crippen LogP contribution is -2.53. The molecule has 4 rings (SSSR count). The van der Waals surface area contributed by atoms with E-state index in [1.165, 1.54) is 36.8 Å². The second kappa shape index (κ2) is 14.2. The first-order valence-corrected chi connectivity index (χ1v) is 18.1. The molecule has 0 aliphatic carbocycles. The highest BCUT2D eigenvalue weighted by Crippen LogP contribution is 2.37. The minimum absolute atomic E-state index is 0. The molecule has 1 amide bonds. The number of thiophene rings is 2. The van der Waals surface area contributed by atoms with E-state index in [-0.39, 0.29) is 30.9 Å². The van der Waals surface area contributed by atoms with Crippen molar-refractivity contribution < 1.29 is 31.5 Å². The van der Waals surface area contributed by atoms with Gasteiger partial charge >= 0.3 is 6.09 Å². The number of guanidine groups is 2. The Hall–Kier alpha value is -2.25. The summed E-state index contributed by atoms with van der Waals surface area (Å²) in [6.07, 6.45) is -0.750. The number of amides is 1. The van der Waals surface area contributed by atoms with Crippen LogP contribution >= 0.6 is 38.6 Å². The minimum Gasteiger partial charge on any atom is -0.444 e. The predicted molar refractivity (Wildman–Crippen MR) is 177 cm³/mol. The summed E-state index contributed by atoms with van der Waals surface area (Å²) in [5, 5.41) is 13.2. The van der Waals surface area contributed by atoms with Gasteiger partial charge in [-0.15, -0.1) is 22.7 Å². The molecule has 18 heteroatoms. The number of aliphatic imine (C=N–C) groups is 2. The highest BCUT2D eigenvalue weighted by molar-refractivity contribution is 9.10. The predicted octanol–water partition coefficient (Wildman–Crippen LogP) is 3.68. The average molecular weight is 746 g/mol. The maximum atomic E-state index is 12.5. The van der Waals surface area contributed by atoms with E-state index in [2.05, 4.69) is 31.2 Å². The molecular formula is C25H41BrN6O7S4. The Morgan fingerprint density at radius 1 is 1.05 bits per heavy atom. The van der Waals surface area contributed by atoms with Crippen molar-refractivity contribution >= 4 is 76.7 Å². The highest BCUT2D eigenvalue weighted by atomic mass is 79.9. The summed E-state index contributed by atoms with van der Waals surface area (Å²) in [5.74, 6) is -0.231. The van der Waals surface area contributed by atoms with Crippen molar-refractivity contribution in [3.63, 3.8) is 0 Å². The van der Waals surface area contributed by atoms with Gasteiger partial charge in [0.2, 0.25) is 32.0 Å². The fourth-order valence-corrected chi connectivity index (χ4v) is 9.28. The fourth-order valence-electron chi connectivity index (χ4n) is 3.80. The number of aliphatic hydroxyl groups is 1. The SMILES string of the molecule is C.CN1C(N)=N[C@](C)(c2cccs2)CS1(=O)=O.CN1C(NC(=O)OC(C)(C)C)=N[C@](C)(c2cc(Br)cs2)CS1(=O)=O.CO. The summed E-state index contributed by atoms with van der Waals surface area (Å²) < 4.78 is 56.8. The normalized spacial score (nSPS) is 24.0. The number of halogens is 1. The lowest BCUT2D eigenvalue weighted by molar-refractivity contribution is 0.0559. The largest absolute Gasteiger partial charge is 0.444 e. The molecule has 0 spiro atoms. The number of rotatable bonds is 2. The van der Waals surface area contributed by atoms with Gasteiger partial charge in [-0.2, -0.15) is 0 Å². The van der Waals surface area contributed by atoms with Crippen LogP contribution < -0.4 is 11.1 Å². The number of nitrogens with zero attached hydrogens (tertiary/aromatic N) is 4. The quantitative estimate of drug-likeness (QED) is 0.416. The smallest absolute Gasteiger partial charge is 0.414 e. The van der Waals surface area contributed by atoms with Crippen molar-refractivity contribution in [2.75, 3.05) is 32.7 Å². The number of alkyl carbamates (subject to hydrolysis) is 1. The van der Waals surface area contributed by atoms with E-state index >= 15 is 0 Å². The third-order valence-corrected chi connectivity index (χ3v) is 12.8. The molecular weight excluding hydrogens is 704 g/mol. The van der Waals surface area contributed by atoms with Crippen LogP contribution in [0.15, 0.2) is 43.4 Å². The van der Waals surface area contributed by atoms with Crippen LogP contribution in [-0.2, 0) is 35.9 Å². The van der Waals surface area contributed by atoms with Gasteiger partial charge in [0.1, 0.15) is 16.7 Å². The van der Waals surface area contributed by atoms with Gasteiger partial charge in [0.15, 0.2) is 0 Å². The molecule has 244 valence electrons. The summed E-state index contributed by atoms with van der Waals surface area (Å²) in [4.78, 5) is 22.5. The molecule has 2 aliphatic rings. The molecule has 0 unspecified atom stereocenters. The lowest BCUT2D eigenvalue weighted by Gasteiger charge is -2.35. The van der Waals surface area contributed by atoms with E-state index in [0.717, 1.165) is 29.9 Å². The van der Waals surface area contributed by atoms with Crippen molar-refractivity contribution in [2.45, 2.75) is 58.7 Å². The molecule has 0 saturated heterocycles. The number of ether oxygens (including phenoxy) is 1. The third-order valence-electron chi connectivity index (χ3n) is 5.86. The molecule has 0 saturated carbocycles. The molecule has 2 aliphatic heterocycles. The van der Waals surface area contributed by atoms with Crippen molar-refractivity contribution in [2.24, 2.45) is 15.7 Å². The number of hydrogen-bond donors (Lipinski definition) is 3. The summed E-state index contributed by atoms with van der Waals surface area (Å²) >= 11 is 6.26. The standard InChI is InChI=1S/C14H20BrN3O4S2.C9H13N3O2S2.CH4O.CH4/c1-13(2,3)22-12(19)16-11-17-14(4,8-24(20,21)18(11)5)10-6-9(15)7-23-10;1-9(7-4-3-5-15-7)6-16(13,14)12(2)8(10)11-9;1-2;/h6-7H,8H2,1-5H3,(H,16,17,19);3-5H,6H2,1-2H3,(H2,10,11);2H,1H3;1H4/t14-;9-;;/m00../s1. The average Bonchev–Trinajstić information content (AvgIpc) is 3.54. The summed E-state index contributed by atoms with van der Waals surface area (Å²) in [5.41, 5.74) is 3.20. The Morgan fingerprint density at radius 3 is 2.02 bits per heavy atom. The summed E-state index contributed by atoms with van der Waals surface area (Å²) in [6, 6.07) is 5.59. The highest BCUT2D eigenvalue weighted by Gasteiger charge is 2.43. The van der Waals surface area contributed by atoms with Crippen LogP contribution in [0.5, 0.6) is 0 Å². The molecule has 2 aromatic rings. The molecule has 4 N–H and O–H groups in total. The molecule has 4 heterocycles. The molecule has 0 fully saturated rings. The van der Waals surface area contributed by atoms with Crippen LogP contribution in [0.25, 0.3) is 0 Å². The molecule has 2 atom stereocenters. The topological polar surface area (TPSA) is 184 Å². The van der Waals surface area contributed by atoms with Gasteiger partial charge in [0.25, 0.3) is 0 Å². The van der Waals surface area contributed by atoms with E-state index in [0.29, 0.717) is 0 Å². The van der Waals surface area contributed by atoms with Gasteiger partial charge in [-0.1, -0.05) is 13.5 Å². The van der Waals surface area contributed by atoms with Gasteiger partial charge in [-0.3, -0.25) is 5.32 Å². The van der Waals surface area contributed by atoms with Gasteiger partial charge in [0.05, 0.1) is 11.5 Å². The van der Waals surface area contributed by atoms with Crippen molar-refractivity contribution in [3.8, 4) is 0 Å². The zero-order valence-electron chi connectivity index (χ0n) is 24.6. The molecule has 0 radical (unpaired) electrons. The Balaban J connectivity index is 0.000000424.